The molecule has 0 saturated carbocycles. The zero-order chi connectivity index (χ0) is 18.6. The number of hydrogen-bond donors (Lipinski definition) is 2. The average Bonchev–Trinajstić information content (AvgIpc) is 3.07. The normalized spacial score (nSPS) is 23.3. The molecule has 2 aromatic rings. The molecule has 1 aliphatic carbocycles. The molecule has 8 heteroatoms. The summed E-state index contributed by atoms with van der Waals surface area (Å²) in [5.74, 6) is -1.19. The minimum Gasteiger partial charge on any atom is -0.506 e. The first kappa shape index (κ1) is 17.1. The van der Waals surface area contributed by atoms with Crippen molar-refractivity contribution >= 4 is 34.6 Å². The van der Waals surface area contributed by atoms with Crippen molar-refractivity contribution in [1.82, 2.24) is 0 Å². The van der Waals surface area contributed by atoms with Crippen LogP contribution in [0.3, 0.4) is 0 Å². The number of benzene rings is 2. The van der Waals surface area contributed by atoms with Gasteiger partial charge < -0.3 is 10.4 Å². The number of aromatic hydroxyl groups is 1. The first-order valence-electron chi connectivity index (χ1n) is 7.96. The average molecular weight is 395 g/mol. The lowest BCUT2D eigenvalue weighted by Crippen LogP contribution is -2.30. The Hall–Kier alpha value is -2.31. The van der Waals surface area contributed by atoms with Crippen LogP contribution in [0.1, 0.15) is 29.5 Å². The van der Waals surface area contributed by atoms with Gasteiger partial charge in [0.05, 0.1) is 27.2 Å². The molecule has 2 aromatic carbocycles. The number of nitro benzene ring substituents is 1. The van der Waals surface area contributed by atoms with Gasteiger partial charge in [0.15, 0.2) is 0 Å². The van der Waals surface area contributed by atoms with Gasteiger partial charge in [0.25, 0.3) is 5.69 Å². The first-order chi connectivity index (χ1) is 12.4. The summed E-state index contributed by atoms with van der Waals surface area (Å²) in [4.78, 5) is 10.9. The van der Waals surface area contributed by atoms with Gasteiger partial charge in [0.1, 0.15) is 11.6 Å². The molecule has 1 heterocycles. The molecule has 0 radical (unpaired) electrons. The Bertz CT molecular complexity index is 964. The maximum absolute atomic E-state index is 14.5. The summed E-state index contributed by atoms with van der Waals surface area (Å²) in [5, 5.41) is 25.3. The topological polar surface area (TPSA) is 75.4 Å². The predicted octanol–water partition coefficient (Wildman–Crippen LogP) is 5.57. The van der Waals surface area contributed by atoms with E-state index in [0.29, 0.717) is 22.6 Å². The van der Waals surface area contributed by atoms with Crippen LogP contribution < -0.4 is 5.32 Å². The lowest BCUT2D eigenvalue weighted by molar-refractivity contribution is -0.385. The zero-order valence-electron chi connectivity index (χ0n) is 13.2. The standard InChI is InChI=1S/C18H13Cl2FN2O3/c19-8-6-11(18(24)12(20)7-8)16-10-3-1-2-9(10)15-14(23(25)26)5-4-13(21)17(15)22-16/h1-2,4-7,9-10,16,22,24H,3H2. The fourth-order valence-electron chi connectivity index (χ4n) is 3.94. The SMILES string of the molecule is O=[N+]([O-])c1ccc(F)c2c1C1C=CCC1C(c1cc(Cl)cc(Cl)c1O)N2. The van der Waals surface area contributed by atoms with Gasteiger partial charge in [-0.05, 0) is 30.5 Å². The van der Waals surface area contributed by atoms with Crippen LogP contribution in [-0.2, 0) is 0 Å². The van der Waals surface area contributed by atoms with Crippen molar-refractivity contribution in [2.45, 2.75) is 18.4 Å². The maximum atomic E-state index is 14.5. The molecule has 4 rings (SSSR count). The van der Waals surface area contributed by atoms with E-state index in [-0.39, 0.29) is 34.0 Å². The molecular weight excluding hydrogens is 382 g/mol. The summed E-state index contributed by atoms with van der Waals surface area (Å²) >= 11 is 12.1. The molecule has 134 valence electrons. The van der Waals surface area contributed by atoms with Gasteiger partial charge in [0.2, 0.25) is 0 Å². The number of hydrogen-bond acceptors (Lipinski definition) is 4. The molecule has 0 amide bonds. The molecule has 26 heavy (non-hydrogen) atoms. The van der Waals surface area contributed by atoms with E-state index >= 15 is 0 Å². The Labute approximate surface area is 158 Å². The number of phenolic OH excluding ortho intramolecular Hbond substituents is 1. The van der Waals surface area contributed by atoms with E-state index in [0.717, 1.165) is 6.07 Å². The van der Waals surface area contributed by atoms with Gasteiger partial charge in [-0.25, -0.2) is 4.39 Å². The van der Waals surface area contributed by atoms with E-state index < -0.39 is 16.8 Å². The summed E-state index contributed by atoms with van der Waals surface area (Å²) in [7, 11) is 0. The van der Waals surface area contributed by atoms with Gasteiger partial charge in [-0.2, -0.15) is 0 Å². The maximum Gasteiger partial charge on any atom is 0.275 e. The van der Waals surface area contributed by atoms with Crippen LogP contribution in [0.15, 0.2) is 36.4 Å². The molecule has 1 aliphatic heterocycles. The molecule has 0 aromatic heterocycles. The van der Waals surface area contributed by atoms with Crippen molar-refractivity contribution in [3.05, 3.63) is 73.5 Å². The van der Waals surface area contributed by atoms with E-state index in [9.17, 15) is 19.6 Å². The van der Waals surface area contributed by atoms with E-state index in [1.165, 1.54) is 12.1 Å². The van der Waals surface area contributed by atoms with Crippen LogP contribution in [0, 0.1) is 21.8 Å². The molecule has 0 bridgehead atoms. The number of anilines is 1. The highest BCUT2D eigenvalue weighted by Crippen LogP contribution is 2.54. The fraction of sp³-hybridized carbons (Fsp3) is 0.222. The van der Waals surface area contributed by atoms with Gasteiger partial charge in [-0.3, -0.25) is 10.1 Å². The molecule has 0 spiro atoms. The van der Waals surface area contributed by atoms with Crippen molar-refractivity contribution in [2.75, 3.05) is 5.32 Å². The number of fused-ring (bicyclic) bond motifs is 3. The van der Waals surface area contributed by atoms with Crippen LogP contribution in [-0.4, -0.2) is 10.0 Å². The lowest BCUT2D eigenvalue weighted by atomic mass is 9.76. The van der Waals surface area contributed by atoms with Crippen LogP contribution in [0.4, 0.5) is 15.8 Å². The Morgan fingerprint density at radius 1 is 1.31 bits per heavy atom. The third-order valence-electron chi connectivity index (χ3n) is 5.04. The first-order valence-corrected chi connectivity index (χ1v) is 8.72. The molecule has 0 saturated heterocycles. The Morgan fingerprint density at radius 2 is 2.08 bits per heavy atom. The summed E-state index contributed by atoms with van der Waals surface area (Å²) in [5.41, 5.74) is 0.727. The van der Waals surface area contributed by atoms with Gasteiger partial charge in [0, 0.05) is 22.6 Å². The third-order valence-corrected chi connectivity index (χ3v) is 5.54. The summed E-state index contributed by atoms with van der Waals surface area (Å²) in [6.07, 6.45) is 4.39. The molecule has 0 fully saturated rings. The second-order valence-corrected chi connectivity index (χ2v) is 7.26. The largest absolute Gasteiger partial charge is 0.506 e. The summed E-state index contributed by atoms with van der Waals surface area (Å²) in [6.45, 7) is 0. The summed E-state index contributed by atoms with van der Waals surface area (Å²) in [6, 6.07) is 4.78. The van der Waals surface area contributed by atoms with Crippen LogP contribution in [0.2, 0.25) is 10.0 Å². The van der Waals surface area contributed by atoms with E-state index in [1.54, 1.807) is 6.07 Å². The number of nitro groups is 1. The predicted molar refractivity (Wildman–Crippen MR) is 97.5 cm³/mol. The monoisotopic (exact) mass is 394 g/mol. The van der Waals surface area contributed by atoms with Gasteiger partial charge in [-0.1, -0.05) is 35.4 Å². The highest BCUT2D eigenvalue weighted by molar-refractivity contribution is 6.35. The second-order valence-electron chi connectivity index (χ2n) is 6.41. The Balaban J connectivity index is 1.91. The molecule has 2 aliphatic rings. The van der Waals surface area contributed by atoms with Crippen molar-refractivity contribution in [3.63, 3.8) is 0 Å². The number of allylic oxidation sites excluding steroid dienone is 2. The van der Waals surface area contributed by atoms with Crippen molar-refractivity contribution < 1.29 is 14.4 Å². The van der Waals surface area contributed by atoms with Crippen molar-refractivity contribution in [1.29, 1.82) is 0 Å². The Morgan fingerprint density at radius 3 is 2.81 bits per heavy atom. The van der Waals surface area contributed by atoms with Crippen LogP contribution >= 0.6 is 23.2 Å². The number of rotatable bonds is 2. The van der Waals surface area contributed by atoms with Crippen LogP contribution in [0.5, 0.6) is 5.75 Å². The number of halogens is 3. The minimum atomic E-state index is -0.582. The Kier molecular flexibility index (Phi) is 4.04. The van der Waals surface area contributed by atoms with Gasteiger partial charge in [-0.15, -0.1) is 0 Å². The number of nitrogens with zero attached hydrogens (tertiary/aromatic N) is 1. The second kappa shape index (κ2) is 6.14. The highest BCUT2D eigenvalue weighted by Gasteiger charge is 2.43. The molecule has 5 nitrogen and oxygen atoms in total. The number of phenols is 1. The fourth-order valence-corrected chi connectivity index (χ4v) is 4.45. The van der Waals surface area contributed by atoms with Crippen molar-refractivity contribution in [2.24, 2.45) is 5.92 Å². The van der Waals surface area contributed by atoms with Crippen molar-refractivity contribution in [3.8, 4) is 5.75 Å². The third kappa shape index (κ3) is 2.52. The quantitative estimate of drug-likeness (QED) is 0.396. The van der Waals surface area contributed by atoms with Crippen LogP contribution in [0.25, 0.3) is 0 Å². The molecular formula is C18H13Cl2FN2O3. The van der Waals surface area contributed by atoms with E-state index in [4.69, 9.17) is 23.2 Å². The minimum absolute atomic E-state index is 0.0764. The smallest absolute Gasteiger partial charge is 0.275 e. The zero-order valence-corrected chi connectivity index (χ0v) is 14.8. The lowest BCUT2D eigenvalue weighted by Gasteiger charge is -2.37. The number of nitrogens with one attached hydrogen (secondary N) is 1. The molecule has 2 N–H and O–H groups in total. The van der Waals surface area contributed by atoms with E-state index in [2.05, 4.69) is 5.32 Å². The van der Waals surface area contributed by atoms with Gasteiger partial charge >= 0.3 is 0 Å². The summed E-state index contributed by atoms with van der Waals surface area (Å²) < 4.78 is 14.5. The molecule has 3 unspecified atom stereocenters. The van der Waals surface area contributed by atoms with E-state index in [1.807, 2.05) is 12.2 Å². The molecule has 3 atom stereocenters. The highest BCUT2D eigenvalue weighted by atomic mass is 35.5.